The van der Waals surface area contributed by atoms with E-state index in [4.69, 9.17) is 10.8 Å². The zero-order valence-corrected chi connectivity index (χ0v) is 17.2. The normalized spacial score (nSPS) is 16.4. The third kappa shape index (κ3) is 9.14. The second-order valence-corrected chi connectivity index (χ2v) is 7.44. The molecule has 5 unspecified atom stereocenters. The Morgan fingerprint density at radius 3 is 2.00 bits per heavy atom. The number of aliphatic carboxylic acids is 1. The first kappa shape index (κ1) is 25.8. The molecule has 10 nitrogen and oxygen atoms in total. The molecule has 0 fully saturated rings. The average molecular weight is 402 g/mol. The van der Waals surface area contributed by atoms with Crippen LogP contribution in [0.2, 0.25) is 0 Å². The zero-order valence-electron chi connectivity index (χ0n) is 17.2. The zero-order chi connectivity index (χ0) is 22.0. The fourth-order valence-corrected chi connectivity index (χ4v) is 2.39. The molecular formula is C18H34N4O6. The van der Waals surface area contributed by atoms with E-state index in [9.17, 15) is 24.3 Å². The van der Waals surface area contributed by atoms with Crippen LogP contribution < -0.4 is 21.7 Å². The Morgan fingerprint density at radius 1 is 1.00 bits per heavy atom. The van der Waals surface area contributed by atoms with Crippen LogP contribution in [0.3, 0.4) is 0 Å². The SMILES string of the molecule is CCC(C)C(NC(=O)C(N)C(C)O)C(=O)NCC(=O)NC(CC(C)C)C(=O)O. The average Bonchev–Trinajstić information content (AvgIpc) is 2.61. The summed E-state index contributed by atoms with van der Waals surface area (Å²) in [5, 5.41) is 25.8. The molecule has 0 rings (SSSR count). The van der Waals surface area contributed by atoms with Crippen molar-refractivity contribution in [2.24, 2.45) is 17.6 Å². The number of nitrogens with two attached hydrogens (primary N) is 1. The van der Waals surface area contributed by atoms with Crippen LogP contribution in [0.4, 0.5) is 0 Å². The van der Waals surface area contributed by atoms with Crippen LogP contribution in [0.1, 0.15) is 47.5 Å². The molecule has 0 bridgehead atoms. The topological polar surface area (TPSA) is 171 Å². The van der Waals surface area contributed by atoms with Gasteiger partial charge in [-0.05, 0) is 25.2 Å². The highest BCUT2D eigenvalue weighted by Crippen LogP contribution is 2.09. The third-order valence-corrected chi connectivity index (χ3v) is 4.38. The van der Waals surface area contributed by atoms with Gasteiger partial charge in [-0.2, -0.15) is 0 Å². The van der Waals surface area contributed by atoms with E-state index in [0.717, 1.165) is 0 Å². The predicted molar refractivity (Wildman–Crippen MR) is 103 cm³/mol. The number of hydrogen-bond donors (Lipinski definition) is 6. The number of amides is 3. The van der Waals surface area contributed by atoms with Crippen LogP contribution >= 0.6 is 0 Å². The van der Waals surface area contributed by atoms with E-state index in [2.05, 4.69) is 16.0 Å². The van der Waals surface area contributed by atoms with E-state index in [-0.39, 0.29) is 18.3 Å². The van der Waals surface area contributed by atoms with E-state index in [1.165, 1.54) is 6.92 Å². The lowest BCUT2D eigenvalue weighted by Crippen LogP contribution is -2.57. The molecule has 0 aromatic rings. The Morgan fingerprint density at radius 2 is 1.57 bits per heavy atom. The van der Waals surface area contributed by atoms with Crippen molar-refractivity contribution in [2.75, 3.05) is 6.54 Å². The van der Waals surface area contributed by atoms with Crippen molar-refractivity contribution >= 4 is 23.7 Å². The molecule has 0 aromatic heterocycles. The second kappa shape index (κ2) is 12.3. The monoisotopic (exact) mass is 402 g/mol. The number of aliphatic hydroxyl groups is 1. The summed E-state index contributed by atoms with van der Waals surface area (Å²) in [4.78, 5) is 47.7. The molecule has 0 saturated heterocycles. The van der Waals surface area contributed by atoms with Crippen molar-refractivity contribution in [2.45, 2.75) is 71.7 Å². The van der Waals surface area contributed by atoms with Crippen molar-refractivity contribution in [3.63, 3.8) is 0 Å². The number of carboxylic acids is 1. The molecule has 0 saturated carbocycles. The van der Waals surface area contributed by atoms with Gasteiger partial charge in [0.05, 0.1) is 12.6 Å². The summed E-state index contributed by atoms with van der Waals surface area (Å²) in [5.41, 5.74) is 5.58. The minimum absolute atomic E-state index is 0.0686. The number of rotatable bonds is 12. The first-order valence-corrected chi connectivity index (χ1v) is 9.44. The fourth-order valence-electron chi connectivity index (χ4n) is 2.39. The van der Waals surface area contributed by atoms with Gasteiger partial charge >= 0.3 is 5.97 Å². The Balaban J connectivity index is 4.88. The maximum Gasteiger partial charge on any atom is 0.326 e. The standard InChI is InChI=1S/C18H34N4O6/c1-6-10(4)15(22-16(25)14(19)11(5)23)17(26)20-8-13(24)21-12(18(27)28)7-9(2)3/h9-12,14-15,23H,6-8,19H2,1-5H3,(H,20,26)(H,21,24)(H,22,25)(H,27,28). The van der Waals surface area contributed by atoms with Crippen molar-refractivity contribution in [3.05, 3.63) is 0 Å². The van der Waals surface area contributed by atoms with Gasteiger partial charge in [-0.15, -0.1) is 0 Å². The molecule has 0 aromatic carbocycles. The number of hydrogen-bond acceptors (Lipinski definition) is 6. The summed E-state index contributed by atoms with van der Waals surface area (Å²) < 4.78 is 0. The van der Waals surface area contributed by atoms with Crippen LogP contribution in [0, 0.1) is 11.8 Å². The van der Waals surface area contributed by atoms with E-state index in [0.29, 0.717) is 6.42 Å². The third-order valence-electron chi connectivity index (χ3n) is 4.38. The van der Waals surface area contributed by atoms with Crippen LogP contribution in [-0.4, -0.2) is 64.7 Å². The summed E-state index contributed by atoms with van der Waals surface area (Å²) in [5.74, 6) is -3.24. The van der Waals surface area contributed by atoms with Gasteiger partial charge in [0, 0.05) is 0 Å². The summed E-state index contributed by atoms with van der Waals surface area (Å²) in [6.45, 7) is 8.20. The first-order valence-electron chi connectivity index (χ1n) is 9.44. The Labute approximate surface area is 165 Å². The first-order chi connectivity index (χ1) is 12.9. The molecule has 0 radical (unpaired) electrons. The molecule has 5 atom stereocenters. The largest absolute Gasteiger partial charge is 0.480 e. The van der Waals surface area contributed by atoms with Crippen LogP contribution in [0.5, 0.6) is 0 Å². The van der Waals surface area contributed by atoms with Gasteiger partial charge in [-0.1, -0.05) is 34.1 Å². The fraction of sp³-hybridized carbons (Fsp3) is 0.778. The van der Waals surface area contributed by atoms with Gasteiger partial charge in [0.25, 0.3) is 0 Å². The molecule has 7 N–H and O–H groups in total. The molecule has 28 heavy (non-hydrogen) atoms. The van der Waals surface area contributed by atoms with E-state index in [1.807, 2.05) is 20.8 Å². The maximum absolute atomic E-state index is 12.4. The van der Waals surface area contributed by atoms with Crippen molar-refractivity contribution in [3.8, 4) is 0 Å². The van der Waals surface area contributed by atoms with Gasteiger partial charge in [-0.25, -0.2) is 4.79 Å². The minimum Gasteiger partial charge on any atom is -0.480 e. The summed E-state index contributed by atoms with van der Waals surface area (Å²) in [7, 11) is 0. The van der Waals surface area contributed by atoms with Gasteiger partial charge in [-0.3, -0.25) is 14.4 Å². The molecule has 0 spiro atoms. The highest BCUT2D eigenvalue weighted by atomic mass is 16.4. The number of carboxylic acid groups (broad SMARTS) is 1. The quantitative estimate of drug-likeness (QED) is 0.242. The number of aliphatic hydroxyl groups excluding tert-OH is 1. The lowest BCUT2D eigenvalue weighted by molar-refractivity contribution is -0.142. The summed E-state index contributed by atoms with van der Waals surface area (Å²) in [6, 6.07) is -3.17. The minimum atomic E-state index is -1.19. The lowest BCUT2D eigenvalue weighted by Gasteiger charge is -2.25. The van der Waals surface area contributed by atoms with Gasteiger partial charge < -0.3 is 31.9 Å². The molecule has 0 aliphatic heterocycles. The van der Waals surface area contributed by atoms with Gasteiger partial charge in [0.1, 0.15) is 18.1 Å². The molecule has 0 heterocycles. The number of nitrogens with one attached hydrogen (secondary N) is 3. The molecular weight excluding hydrogens is 368 g/mol. The Kier molecular flexibility index (Phi) is 11.3. The van der Waals surface area contributed by atoms with Crippen LogP contribution in [0.15, 0.2) is 0 Å². The van der Waals surface area contributed by atoms with Crippen molar-refractivity contribution in [1.29, 1.82) is 0 Å². The molecule has 0 aliphatic carbocycles. The van der Waals surface area contributed by atoms with Crippen LogP contribution in [0.25, 0.3) is 0 Å². The molecule has 162 valence electrons. The van der Waals surface area contributed by atoms with Crippen LogP contribution in [-0.2, 0) is 19.2 Å². The summed E-state index contributed by atoms with van der Waals surface area (Å²) >= 11 is 0. The maximum atomic E-state index is 12.4. The highest BCUT2D eigenvalue weighted by Gasteiger charge is 2.29. The Hall–Kier alpha value is -2.20. The lowest BCUT2D eigenvalue weighted by atomic mass is 9.97. The predicted octanol–water partition coefficient (Wildman–Crippen LogP) is -1.04. The van der Waals surface area contributed by atoms with Crippen molar-refractivity contribution < 1.29 is 29.4 Å². The van der Waals surface area contributed by atoms with E-state index in [1.54, 1.807) is 6.92 Å². The second-order valence-electron chi connectivity index (χ2n) is 7.44. The van der Waals surface area contributed by atoms with E-state index >= 15 is 0 Å². The molecule has 10 heteroatoms. The van der Waals surface area contributed by atoms with Crippen molar-refractivity contribution in [1.82, 2.24) is 16.0 Å². The molecule has 3 amide bonds. The van der Waals surface area contributed by atoms with Gasteiger partial charge in [0.2, 0.25) is 17.7 Å². The van der Waals surface area contributed by atoms with Gasteiger partial charge in [0.15, 0.2) is 0 Å². The molecule has 0 aliphatic rings. The number of carbonyl (C=O) groups excluding carboxylic acids is 3. The number of carbonyl (C=O) groups is 4. The summed E-state index contributed by atoms with van der Waals surface area (Å²) in [6.07, 6.45) is -0.248. The Bertz CT molecular complexity index is 552. The highest BCUT2D eigenvalue weighted by molar-refractivity contribution is 5.92. The van der Waals surface area contributed by atoms with E-state index < -0.39 is 54.5 Å². The smallest absolute Gasteiger partial charge is 0.326 e.